The van der Waals surface area contributed by atoms with Gasteiger partial charge < -0.3 is 10.2 Å². The Hall–Kier alpha value is -2.68. The van der Waals surface area contributed by atoms with Crippen molar-refractivity contribution in [3.05, 3.63) is 47.8 Å². The van der Waals surface area contributed by atoms with E-state index in [0.717, 1.165) is 23.5 Å². The summed E-state index contributed by atoms with van der Waals surface area (Å²) >= 11 is 5.49. The molecule has 3 aromatic heterocycles. The van der Waals surface area contributed by atoms with Gasteiger partial charge in [-0.1, -0.05) is 0 Å². The third-order valence-electron chi connectivity index (χ3n) is 4.39. The van der Waals surface area contributed by atoms with Gasteiger partial charge in [-0.25, -0.2) is 0 Å². The van der Waals surface area contributed by atoms with E-state index in [1.807, 2.05) is 51.5 Å². The van der Waals surface area contributed by atoms with Crippen LogP contribution in [0.15, 0.2) is 30.9 Å². The van der Waals surface area contributed by atoms with E-state index in [1.54, 1.807) is 12.4 Å². The standard InChI is InChI=1S/C17H24N8S/c1-5-25-13(2)14(8-20-25)10-24-11-15(9-19-24)21-17(26)22(3)12-16-6-7-18-23(16)4/h6-9,11H,5,10,12H2,1-4H3,(H,21,26). The number of nitrogens with zero attached hydrogens (tertiary/aromatic N) is 7. The molecule has 0 atom stereocenters. The van der Waals surface area contributed by atoms with Crippen LogP contribution in [0.1, 0.15) is 23.9 Å². The minimum absolute atomic E-state index is 0.640. The van der Waals surface area contributed by atoms with Gasteiger partial charge in [0.15, 0.2) is 5.11 Å². The van der Waals surface area contributed by atoms with Crippen molar-refractivity contribution in [3.63, 3.8) is 0 Å². The summed E-state index contributed by atoms with van der Waals surface area (Å²) in [5.41, 5.74) is 4.30. The second-order valence-corrected chi connectivity index (χ2v) is 6.62. The van der Waals surface area contributed by atoms with Gasteiger partial charge in [0.2, 0.25) is 0 Å². The average molecular weight is 373 g/mol. The molecule has 0 amide bonds. The Balaban J connectivity index is 1.59. The van der Waals surface area contributed by atoms with Crippen molar-refractivity contribution in [1.82, 2.24) is 34.2 Å². The minimum atomic E-state index is 0.640. The van der Waals surface area contributed by atoms with Crippen molar-refractivity contribution in [2.45, 2.75) is 33.5 Å². The topological polar surface area (TPSA) is 68.7 Å². The highest BCUT2D eigenvalue weighted by molar-refractivity contribution is 7.80. The molecule has 0 aliphatic carbocycles. The quantitative estimate of drug-likeness (QED) is 0.668. The Morgan fingerprint density at radius 1 is 1.27 bits per heavy atom. The smallest absolute Gasteiger partial charge is 0.173 e. The highest BCUT2D eigenvalue weighted by Gasteiger charge is 2.10. The molecule has 0 bridgehead atoms. The van der Waals surface area contributed by atoms with Crippen LogP contribution in [0.4, 0.5) is 5.69 Å². The summed E-state index contributed by atoms with van der Waals surface area (Å²) in [6, 6.07) is 1.98. The number of hydrogen-bond donors (Lipinski definition) is 1. The molecule has 0 aromatic carbocycles. The predicted octanol–water partition coefficient (Wildman–Crippen LogP) is 2.02. The molecule has 138 valence electrons. The van der Waals surface area contributed by atoms with E-state index in [4.69, 9.17) is 12.2 Å². The molecule has 0 saturated carbocycles. The summed E-state index contributed by atoms with van der Waals surface area (Å²) in [5, 5.41) is 16.8. The number of nitrogens with one attached hydrogen (secondary N) is 1. The lowest BCUT2D eigenvalue weighted by Gasteiger charge is -2.20. The van der Waals surface area contributed by atoms with Gasteiger partial charge in [-0.3, -0.25) is 14.0 Å². The summed E-state index contributed by atoms with van der Waals surface area (Å²) in [6.07, 6.45) is 7.42. The molecule has 0 aliphatic heterocycles. The van der Waals surface area contributed by atoms with Gasteiger partial charge in [0, 0.05) is 44.3 Å². The Kier molecular flexibility index (Phi) is 5.36. The van der Waals surface area contributed by atoms with E-state index >= 15 is 0 Å². The van der Waals surface area contributed by atoms with E-state index in [-0.39, 0.29) is 0 Å². The summed E-state index contributed by atoms with van der Waals surface area (Å²) in [7, 11) is 3.88. The fourth-order valence-corrected chi connectivity index (χ4v) is 2.92. The first-order valence-electron chi connectivity index (χ1n) is 8.50. The second-order valence-electron chi connectivity index (χ2n) is 6.23. The zero-order chi connectivity index (χ0) is 18.7. The fraction of sp³-hybridized carbons (Fsp3) is 0.412. The van der Waals surface area contributed by atoms with Gasteiger partial charge in [0.1, 0.15) is 0 Å². The Bertz CT molecular complexity index is 890. The SMILES string of the molecule is CCn1ncc(Cn2cc(NC(=S)N(C)Cc3ccnn3C)cn2)c1C. The first kappa shape index (κ1) is 18.1. The van der Waals surface area contributed by atoms with Crippen LogP contribution in [0.5, 0.6) is 0 Å². The van der Waals surface area contributed by atoms with Crippen molar-refractivity contribution < 1.29 is 0 Å². The molecule has 0 saturated heterocycles. The van der Waals surface area contributed by atoms with Crippen molar-refractivity contribution in [2.24, 2.45) is 7.05 Å². The number of rotatable bonds is 6. The Labute approximate surface area is 158 Å². The Morgan fingerprint density at radius 2 is 2.08 bits per heavy atom. The van der Waals surface area contributed by atoms with Crippen molar-refractivity contribution in [3.8, 4) is 0 Å². The van der Waals surface area contributed by atoms with Gasteiger partial charge in [-0.2, -0.15) is 15.3 Å². The van der Waals surface area contributed by atoms with E-state index in [1.165, 1.54) is 5.69 Å². The molecule has 0 spiro atoms. The Morgan fingerprint density at radius 3 is 2.73 bits per heavy atom. The van der Waals surface area contributed by atoms with Gasteiger partial charge in [0.25, 0.3) is 0 Å². The van der Waals surface area contributed by atoms with Crippen molar-refractivity contribution >= 4 is 23.0 Å². The summed E-state index contributed by atoms with van der Waals surface area (Å²) < 4.78 is 5.71. The second kappa shape index (κ2) is 7.69. The highest BCUT2D eigenvalue weighted by Crippen LogP contribution is 2.12. The van der Waals surface area contributed by atoms with E-state index in [2.05, 4.69) is 34.5 Å². The zero-order valence-electron chi connectivity index (χ0n) is 15.5. The molecule has 0 aliphatic rings. The lowest BCUT2D eigenvalue weighted by molar-refractivity contribution is 0.482. The molecule has 1 N–H and O–H groups in total. The lowest BCUT2D eigenvalue weighted by Crippen LogP contribution is -2.31. The van der Waals surface area contributed by atoms with Crippen molar-refractivity contribution in [1.29, 1.82) is 0 Å². The molecule has 0 unspecified atom stereocenters. The zero-order valence-corrected chi connectivity index (χ0v) is 16.4. The number of aromatic nitrogens is 6. The van der Waals surface area contributed by atoms with Gasteiger partial charge >= 0.3 is 0 Å². The number of thiocarbonyl (C=S) groups is 1. The molecular formula is C17H24N8S. The van der Waals surface area contributed by atoms with Crippen LogP contribution in [0.3, 0.4) is 0 Å². The normalized spacial score (nSPS) is 10.9. The van der Waals surface area contributed by atoms with E-state index in [0.29, 0.717) is 18.2 Å². The average Bonchev–Trinajstić information content (AvgIpc) is 3.31. The largest absolute Gasteiger partial charge is 0.346 e. The molecular weight excluding hydrogens is 348 g/mol. The first-order chi connectivity index (χ1) is 12.5. The molecule has 0 fully saturated rings. The fourth-order valence-electron chi connectivity index (χ4n) is 2.74. The minimum Gasteiger partial charge on any atom is -0.346 e. The molecule has 3 heterocycles. The molecule has 8 nitrogen and oxygen atoms in total. The number of aryl methyl sites for hydroxylation is 2. The number of hydrogen-bond acceptors (Lipinski definition) is 4. The van der Waals surface area contributed by atoms with Gasteiger partial charge in [-0.05, 0) is 32.1 Å². The third-order valence-corrected chi connectivity index (χ3v) is 4.80. The molecule has 26 heavy (non-hydrogen) atoms. The van der Waals surface area contributed by atoms with Crippen LogP contribution in [0, 0.1) is 6.92 Å². The van der Waals surface area contributed by atoms with Crippen LogP contribution >= 0.6 is 12.2 Å². The van der Waals surface area contributed by atoms with Crippen LogP contribution in [0.2, 0.25) is 0 Å². The van der Waals surface area contributed by atoms with Gasteiger partial charge in [0.05, 0.1) is 36.9 Å². The summed E-state index contributed by atoms with van der Waals surface area (Å²) in [6.45, 7) is 6.41. The van der Waals surface area contributed by atoms with Crippen LogP contribution in [-0.4, -0.2) is 46.4 Å². The van der Waals surface area contributed by atoms with E-state index < -0.39 is 0 Å². The maximum atomic E-state index is 5.49. The maximum Gasteiger partial charge on any atom is 0.173 e. The third kappa shape index (κ3) is 3.93. The number of anilines is 1. The predicted molar refractivity (Wildman–Crippen MR) is 105 cm³/mol. The van der Waals surface area contributed by atoms with Crippen LogP contribution < -0.4 is 5.32 Å². The lowest BCUT2D eigenvalue weighted by atomic mass is 10.2. The summed E-state index contributed by atoms with van der Waals surface area (Å²) in [5.74, 6) is 0. The van der Waals surface area contributed by atoms with Crippen molar-refractivity contribution in [2.75, 3.05) is 12.4 Å². The maximum absolute atomic E-state index is 5.49. The molecule has 9 heteroatoms. The van der Waals surface area contributed by atoms with Crippen LogP contribution in [-0.2, 0) is 26.7 Å². The first-order valence-corrected chi connectivity index (χ1v) is 8.91. The summed E-state index contributed by atoms with van der Waals surface area (Å²) in [4.78, 5) is 1.97. The molecule has 0 radical (unpaired) electrons. The van der Waals surface area contributed by atoms with E-state index in [9.17, 15) is 0 Å². The monoisotopic (exact) mass is 372 g/mol. The highest BCUT2D eigenvalue weighted by atomic mass is 32.1. The van der Waals surface area contributed by atoms with Crippen LogP contribution in [0.25, 0.3) is 0 Å². The van der Waals surface area contributed by atoms with Gasteiger partial charge in [-0.15, -0.1) is 0 Å². The molecule has 3 rings (SSSR count). The molecule has 3 aromatic rings.